The monoisotopic (exact) mass is 295 g/mol. The summed E-state index contributed by atoms with van der Waals surface area (Å²) < 4.78 is 10.1. The second-order valence-electron chi connectivity index (χ2n) is 5.12. The number of phenols is 1. The third kappa shape index (κ3) is 2.64. The summed E-state index contributed by atoms with van der Waals surface area (Å²) in [6.07, 6.45) is 0. The highest BCUT2D eigenvalue weighted by Gasteiger charge is 2.47. The molecular formula is C14H17NO6. The van der Waals surface area contributed by atoms with Crippen LogP contribution < -0.4 is 10.1 Å². The van der Waals surface area contributed by atoms with Crippen LogP contribution in [0.3, 0.4) is 0 Å². The molecule has 1 aliphatic rings. The molecule has 21 heavy (non-hydrogen) atoms. The highest BCUT2D eigenvalue weighted by molar-refractivity contribution is 5.98. The Balaban J connectivity index is 2.21. The fraction of sp³-hybridized carbons (Fsp3) is 0.429. The molecule has 0 bridgehead atoms. The maximum Gasteiger partial charge on any atom is 0.313 e. The zero-order valence-corrected chi connectivity index (χ0v) is 11.8. The molecule has 1 aromatic rings. The number of hydrogen-bond acceptors (Lipinski definition) is 5. The van der Waals surface area contributed by atoms with Crippen LogP contribution >= 0.6 is 0 Å². The van der Waals surface area contributed by atoms with Gasteiger partial charge in [0.15, 0.2) is 11.5 Å². The van der Waals surface area contributed by atoms with E-state index in [9.17, 15) is 19.8 Å². The number of amides is 1. The number of ether oxygens (including phenoxy) is 2. The Morgan fingerprint density at radius 2 is 2.19 bits per heavy atom. The topological polar surface area (TPSA) is 105 Å². The predicted octanol–water partition coefficient (Wildman–Crippen LogP) is 0.620. The van der Waals surface area contributed by atoms with Gasteiger partial charge in [-0.05, 0) is 19.1 Å². The summed E-state index contributed by atoms with van der Waals surface area (Å²) in [7, 11) is 1.38. The van der Waals surface area contributed by atoms with E-state index in [1.807, 2.05) is 0 Å². The Kier molecular flexibility index (Phi) is 4.04. The summed E-state index contributed by atoms with van der Waals surface area (Å²) in [5, 5.41) is 21.8. The molecule has 0 saturated carbocycles. The van der Waals surface area contributed by atoms with Gasteiger partial charge in [-0.2, -0.15) is 0 Å². The number of aliphatic carboxylic acids is 1. The van der Waals surface area contributed by atoms with Crippen molar-refractivity contribution < 1.29 is 29.3 Å². The first kappa shape index (κ1) is 15.1. The van der Waals surface area contributed by atoms with Crippen LogP contribution in [0.1, 0.15) is 17.3 Å². The average molecular weight is 295 g/mol. The molecule has 7 nitrogen and oxygen atoms in total. The van der Waals surface area contributed by atoms with Gasteiger partial charge in [-0.1, -0.05) is 6.07 Å². The molecule has 1 heterocycles. The lowest BCUT2D eigenvalue weighted by Gasteiger charge is -2.25. The maximum atomic E-state index is 12.2. The molecule has 3 N–H and O–H groups in total. The van der Waals surface area contributed by atoms with Crippen LogP contribution in [-0.4, -0.2) is 48.5 Å². The van der Waals surface area contributed by atoms with Crippen LogP contribution in [0.4, 0.5) is 0 Å². The number of nitrogens with one attached hydrogen (secondary N) is 1. The number of benzene rings is 1. The lowest BCUT2D eigenvalue weighted by atomic mass is 9.85. The Hall–Kier alpha value is -2.28. The first-order valence-corrected chi connectivity index (χ1v) is 6.38. The van der Waals surface area contributed by atoms with Gasteiger partial charge in [-0.3, -0.25) is 9.59 Å². The third-order valence-corrected chi connectivity index (χ3v) is 3.71. The van der Waals surface area contributed by atoms with Crippen molar-refractivity contribution in [2.45, 2.75) is 13.0 Å². The molecule has 2 unspecified atom stereocenters. The Morgan fingerprint density at radius 1 is 1.48 bits per heavy atom. The van der Waals surface area contributed by atoms with E-state index >= 15 is 0 Å². The van der Waals surface area contributed by atoms with Crippen LogP contribution in [0, 0.1) is 5.41 Å². The minimum atomic E-state index is -1.19. The molecule has 1 aliphatic heterocycles. The number of carboxylic acids is 1. The summed E-state index contributed by atoms with van der Waals surface area (Å²) in [5.41, 5.74) is -1.17. The number of methoxy groups -OCH3 is 1. The van der Waals surface area contributed by atoms with E-state index in [4.69, 9.17) is 9.47 Å². The number of para-hydroxylation sites is 1. The van der Waals surface area contributed by atoms with Gasteiger partial charge in [-0.25, -0.2) is 0 Å². The van der Waals surface area contributed by atoms with Gasteiger partial charge in [0.05, 0.1) is 31.9 Å². The molecule has 2 rings (SSSR count). The molecule has 2 atom stereocenters. The molecule has 0 aromatic heterocycles. The van der Waals surface area contributed by atoms with Crippen LogP contribution in [0.25, 0.3) is 0 Å². The standard InChI is InChI=1S/C14H17NO6/c1-14(13(18)19)7-21-6-10(14)15-12(17)8-4-3-5-9(20-2)11(8)16/h3-5,10,16H,6-7H2,1-2H3,(H,15,17)(H,18,19). The zero-order valence-electron chi connectivity index (χ0n) is 11.8. The fourth-order valence-corrected chi connectivity index (χ4v) is 2.19. The first-order valence-electron chi connectivity index (χ1n) is 6.38. The minimum Gasteiger partial charge on any atom is -0.504 e. The number of carbonyl (C=O) groups is 2. The molecule has 0 aliphatic carbocycles. The van der Waals surface area contributed by atoms with E-state index in [0.717, 1.165) is 0 Å². The van der Waals surface area contributed by atoms with Gasteiger partial charge in [-0.15, -0.1) is 0 Å². The quantitative estimate of drug-likeness (QED) is 0.752. The average Bonchev–Trinajstić information content (AvgIpc) is 2.81. The number of carbonyl (C=O) groups excluding carboxylic acids is 1. The predicted molar refractivity (Wildman–Crippen MR) is 72.5 cm³/mol. The van der Waals surface area contributed by atoms with Crippen molar-refractivity contribution in [2.75, 3.05) is 20.3 Å². The van der Waals surface area contributed by atoms with Gasteiger partial charge < -0.3 is 25.0 Å². The van der Waals surface area contributed by atoms with Crippen molar-refractivity contribution in [2.24, 2.45) is 5.41 Å². The lowest BCUT2D eigenvalue weighted by molar-refractivity contribution is -0.148. The lowest BCUT2D eigenvalue weighted by Crippen LogP contribution is -2.49. The summed E-state index contributed by atoms with van der Waals surface area (Å²) in [6, 6.07) is 3.84. The largest absolute Gasteiger partial charge is 0.504 e. The second kappa shape index (κ2) is 5.61. The normalized spacial score (nSPS) is 24.6. The Bertz CT molecular complexity index is 573. The van der Waals surface area contributed by atoms with E-state index in [0.29, 0.717) is 0 Å². The van der Waals surface area contributed by atoms with Gasteiger partial charge >= 0.3 is 5.97 Å². The van der Waals surface area contributed by atoms with Gasteiger partial charge in [0, 0.05) is 0 Å². The van der Waals surface area contributed by atoms with Crippen molar-refractivity contribution in [3.05, 3.63) is 23.8 Å². The molecule has 114 valence electrons. The van der Waals surface area contributed by atoms with Crippen molar-refractivity contribution in [3.8, 4) is 11.5 Å². The highest BCUT2D eigenvalue weighted by Crippen LogP contribution is 2.31. The third-order valence-electron chi connectivity index (χ3n) is 3.71. The minimum absolute atomic E-state index is 0.0222. The van der Waals surface area contributed by atoms with Crippen LogP contribution in [0.15, 0.2) is 18.2 Å². The molecule has 0 spiro atoms. The summed E-state index contributed by atoms with van der Waals surface area (Å²) >= 11 is 0. The van der Waals surface area contributed by atoms with Crippen molar-refractivity contribution in [3.63, 3.8) is 0 Å². The van der Waals surface area contributed by atoms with Crippen molar-refractivity contribution in [1.29, 1.82) is 0 Å². The molecule has 1 fully saturated rings. The zero-order chi connectivity index (χ0) is 15.6. The number of hydrogen-bond donors (Lipinski definition) is 3. The molecule has 1 aromatic carbocycles. The van der Waals surface area contributed by atoms with Crippen LogP contribution in [0.5, 0.6) is 11.5 Å². The van der Waals surface area contributed by atoms with Crippen LogP contribution in [-0.2, 0) is 9.53 Å². The summed E-state index contributed by atoms with van der Waals surface area (Å²) in [4.78, 5) is 23.5. The van der Waals surface area contributed by atoms with Gasteiger partial charge in [0.2, 0.25) is 0 Å². The molecule has 0 radical (unpaired) electrons. The number of phenolic OH excluding ortho intramolecular Hbond substituents is 1. The molecule has 1 amide bonds. The summed E-state index contributed by atoms with van der Waals surface area (Å²) in [5.74, 6) is -1.73. The first-order chi connectivity index (χ1) is 9.90. The number of rotatable bonds is 4. The molecular weight excluding hydrogens is 278 g/mol. The van der Waals surface area contributed by atoms with E-state index < -0.39 is 23.3 Å². The molecule has 7 heteroatoms. The smallest absolute Gasteiger partial charge is 0.313 e. The second-order valence-corrected chi connectivity index (χ2v) is 5.12. The van der Waals surface area contributed by atoms with E-state index in [1.54, 1.807) is 6.07 Å². The Morgan fingerprint density at radius 3 is 2.81 bits per heavy atom. The van der Waals surface area contributed by atoms with Crippen molar-refractivity contribution in [1.82, 2.24) is 5.32 Å². The Labute approximate surface area is 121 Å². The van der Waals surface area contributed by atoms with E-state index in [-0.39, 0.29) is 30.3 Å². The van der Waals surface area contributed by atoms with E-state index in [1.165, 1.54) is 26.2 Å². The van der Waals surface area contributed by atoms with Crippen LogP contribution in [0.2, 0.25) is 0 Å². The van der Waals surface area contributed by atoms with Crippen molar-refractivity contribution >= 4 is 11.9 Å². The van der Waals surface area contributed by atoms with Gasteiger partial charge in [0.1, 0.15) is 5.41 Å². The van der Waals surface area contributed by atoms with Gasteiger partial charge in [0.25, 0.3) is 5.91 Å². The number of aromatic hydroxyl groups is 1. The summed E-state index contributed by atoms with van der Waals surface area (Å²) in [6.45, 7) is 1.65. The maximum absolute atomic E-state index is 12.2. The van der Waals surface area contributed by atoms with E-state index in [2.05, 4.69) is 5.32 Å². The number of carboxylic acid groups (broad SMARTS) is 1. The SMILES string of the molecule is COc1cccc(C(=O)NC2COCC2(C)C(=O)O)c1O. The molecule has 1 saturated heterocycles. The fourth-order valence-electron chi connectivity index (χ4n) is 2.19. The highest BCUT2D eigenvalue weighted by atomic mass is 16.5.